The Kier molecular flexibility index (Phi) is 4.34. The van der Waals surface area contributed by atoms with Gasteiger partial charge in [0.2, 0.25) is 0 Å². The molecular formula is C15H17NO2. The zero-order valence-corrected chi connectivity index (χ0v) is 10.4. The van der Waals surface area contributed by atoms with Gasteiger partial charge >= 0.3 is 0 Å². The lowest BCUT2D eigenvalue weighted by molar-refractivity contribution is 0.127. The van der Waals surface area contributed by atoms with Gasteiger partial charge in [0.05, 0.1) is 6.73 Å². The minimum Gasteiger partial charge on any atom is -0.457 e. The molecular weight excluding hydrogens is 226 g/mol. The summed E-state index contributed by atoms with van der Waals surface area (Å²) in [5.41, 5.74) is 1.15. The molecule has 0 aliphatic heterocycles. The summed E-state index contributed by atoms with van der Waals surface area (Å²) in [5, 5.41) is 8.95. The molecule has 0 bridgehead atoms. The third-order valence-electron chi connectivity index (χ3n) is 2.60. The lowest BCUT2D eigenvalue weighted by Gasteiger charge is -2.13. The molecule has 0 aromatic heterocycles. The average Bonchev–Trinajstić information content (AvgIpc) is 2.42. The van der Waals surface area contributed by atoms with Gasteiger partial charge in [0.25, 0.3) is 0 Å². The first-order valence-electron chi connectivity index (χ1n) is 5.89. The Morgan fingerprint density at radius 2 is 1.56 bits per heavy atom. The van der Waals surface area contributed by atoms with Crippen molar-refractivity contribution in [1.29, 1.82) is 0 Å². The Morgan fingerprint density at radius 1 is 0.944 bits per heavy atom. The first kappa shape index (κ1) is 12.6. The molecule has 2 aromatic carbocycles. The first-order valence-corrected chi connectivity index (χ1v) is 5.89. The van der Waals surface area contributed by atoms with Crippen molar-refractivity contribution in [3.05, 3.63) is 60.2 Å². The molecule has 0 fully saturated rings. The van der Waals surface area contributed by atoms with Crippen LogP contribution >= 0.6 is 0 Å². The Morgan fingerprint density at radius 3 is 2.17 bits per heavy atom. The van der Waals surface area contributed by atoms with E-state index in [4.69, 9.17) is 9.84 Å². The Hall–Kier alpha value is -1.84. The lowest BCUT2D eigenvalue weighted by atomic mass is 10.2. The largest absolute Gasteiger partial charge is 0.457 e. The average molecular weight is 243 g/mol. The fraction of sp³-hybridized carbons (Fsp3) is 0.200. The van der Waals surface area contributed by atoms with E-state index >= 15 is 0 Å². The molecule has 18 heavy (non-hydrogen) atoms. The molecule has 94 valence electrons. The van der Waals surface area contributed by atoms with Crippen LogP contribution in [-0.2, 0) is 6.54 Å². The second-order valence-electron chi connectivity index (χ2n) is 4.21. The topological polar surface area (TPSA) is 32.7 Å². The van der Waals surface area contributed by atoms with E-state index in [0.29, 0.717) is 0 Å². The SMILES string of the molecule is CN(CO)Cc1ccc(Oc2ccccc2)cc1. The van der Waals surface area contributed by atoms with Crippen LogP contribution in [0, 0.1) is 0 Å². The summed E-state index contributed by atoms with van der Waals surface area (Å²) >= 11 is 0. The van der Waals surface area contributed by atoms with Crippen LogP contribution in [-0.4, -0.2) is 23.8 Å². The van der Waals surface area contributed by atoms with Crippen molar-refractivity contribution in [2.75, 3.05) is 13.8 Å². The monoisotopic (exact) mass is 243 g/mol. The van der Waals surface area contributed by atoms with Gasteiger partial charge in [-0.3, -0.25) is 4.90 Å². The van der Waals surface area contributed by atoms with Crippen LogP contribution in [0.1, 0.15) is 5.56 Å². The maximum atomic E-state index is 8.95. The molecule has 0 saturated heterocycles. The van der Waals surface area contributed by atoms with Crippen LogP contribution in [0.5, 0.6) is 11.5 Å². The van der Waals surface area contributed by atoms with Crippen molar-refractivity contribution in [3.8, 4) is 11.5 Å². The minimum atomic E-state index is 0.0578. The quantitative estimate of drug-likeness (QED) is 0.820. The molecule has 3 heteroatoms. The molecule has 0 saturated carbocycles. The molecule has 0 heterocycles. The van der Waals surface area contributed by atoms with Gasteiger partial charge in [-0.2, -0.15) is 0 Å². The minimum absolute atomic E-state index is 0.0578. The third-order valence-corrected chi connectivity index (χ3v) is 2.60. The third kappa shape index (κ3) is 3.58. The standard InChI is InChI=1S/C15H17NO2/c1-16(12-17)11-13-7-9-15(10-8-13)18-14-5-3-2-4-6-14/h2-10,17H,11-12H2,1H3. The Balaban J connectivity index is 2.00. The van der Waals surface area contributed by atoms with Crippen LogP contribution in [0.25, 0.3) is 0 Å². The second-order valence-corrected chi connectivity index (χ2v) is 4.21. The summed E-state index contributed by atoms with van der Waals surface area (Å²) in [7, 11) is 1.87. The Bertz CT molecular complexity index is 468. The van der Waals surface area contributed by atoms with Crippen LogP contribution in [0.2, 0.25) is 0 Å². The molecule has 0 aliphatic carbocycles. The summed E-state index contributed by atoms with van der Waals surface area (Å²) in [6, 6.07) is 17.6. The molecule has 0 amide bonds. The van der Waals surface area contributed by atoms with E-state index in [1.165, 1.54) is 0 Å². The lowest BCUT2D eigenvalue weighted by Crippen LogP contribution is -2.18. The van der Waals surface area contributed by atoms with E-state index in [2.05, 4.69) is 0 Å². The molecule has 0 aliphatic rings. The molecule has 1 N–H and O–H groups in total. The van der Waals surface area contributed by atoms with E-state index < -0.39 is 0 Å². The number of nitrogens with zero attached hydrogens (tertiary/aromatic N) is 1. The Labute approximate surface area is 107 Å². The van der Waals surface area contributed by atoms with Gasteiger partial charge in [0.15, 0.2) is 0 Å². The maximum Gasteiger partial charge on any atom is 0.127 e. The highest BCUT2D eigenvalue weighted by molar-refractivity contribution is 5.32. The van der Waals surface area contributed by atoms with Crippen LogP contribution in [0.4, 0.5) is 0 Å². The highest BCUT2D eigenvalue weighted by Crippen LogP contribution is 2.21. The van der Waals surface area contributed by atoms with Crippen molar-refractivity contribution in [1.82, 2.24) is 4.90 Å². The van der Waals surface area contributed by atoms with E-state index in [9.17, 15) is 0 Å². The molecule has 0 spiro atoms. The van der Waals surface area contributed by atoms with E-state index in [-0.39, 0.29) is 6.73 Å². The van der Waals surface area contributed by atoms with Crippen molar-refractivity contribution < 1.29 is 9.84 Å². The summed E-state index contributed by atoms with van der Waals surface area (Å²) < 4.78 is 5.70. The summed E-state index contributed by atoms with van der Waals surface area (Å²) in [5.74, 6) is 1.65. The number of rotatable bonds is 5. The molecule has 2 rings (SSSR count). The first-order chi connectivity index (χ1) is 8.78. The molecule has 0 unspecified atom stereocenters. The van der Waals surface area contributed by atoms with Gasteiger partial charge in [0, 0.05) is 6.54 Å². The van der Waals surface area contributed by atoms with Crippen molar-refractivity contribution in [3.63, 3.8) is 0 Å². The number of aliphatic hydroxyl groups excluding tert-OH is 1. The second kappa shape index (κ2) is 6.19. The van der Waals surface area contributed by atoms with Crippen LogP contribution in [0.3, 0.4) is 0 Å². The number of ether oxygens (including phenoxy) is 1. The van der Waals surface area contributed by atoms with E-state index in [1.807, 2.05) is 66.5 Å². The normalized spacial score (nSPS) is 10.6. The van der Waals surface area contributed by atoms with Gasteiger partial charge in [-0.1, -0.05) is 30.3 Å². The van der Waals surface area contributed by atoms with Gasteiger partial charge in [-0.15, -0.1) is 0 Å². The molecule has 2 aromatic rings. The maximum absolute atomic E-state index is 8.95. The molecule has 3 nitrogen and oxygen atoms in total. The molecule has 0 atom stereocenters. The molecule has 0 radical (unpaired) electrons. The highest BCUT2D eigenvalue weighted by atomic mass is 16.5. The van der Waals surface area contributed by atoms with Crippen molar-refractivity contribution >= 4 is 0 Å². The number of benzene rings is 2. The summed E-state index contributed by atoms with van der Waals surface area (Å²) in [6.07, 6.45) is 0. The van der Waals surface area contributed by atoms with Crippen LogP contribution in [0.15, 0.2) is 54.6 Å². The predicted molar refractivity (Wildman–Crippen MR) is 71.5 cm³/mol. The van der Waals surface area contributed by atoms with Gasteiger partial charge in [-0.05, 0) is 36.9 Å². The number of hydrogen-bond acceptors (Lipinski definition) is 3. The highest BCUT2D eigenvalue weighted by Gasteiger charge is 2.00. The number of aliphatic hydroxyl groups is 1. The smallest absolute Gasteiger partial charge is 0.127 e. The zero-order valence-electron chi connectivity index (χ0n) is 10.4. The fourth-order valence-electron chi connectivity index (χ4n) is 1.65. The summed E-state index contributed by atoms with van der Waals surface area (Å²) in [6.45, 7) is 0.782. The van der Waals surface area contributed by atoms with E-state index in [0.717, 1.165) is 23.6 Å². The van der Waals surface area contributed by atoms with Crippen molar-refractivity contribution in [2.24, 2.45) is 0 Å². The van der Waals surface area contributed by atoms with Gasteiger partial charge in [0.1, 0.15) is 11.5 Å². The van der Waals surface area contributed by atoms with Gasteiger partial charge in [-0.25, -0.2) is 0 Å². The number of para-hydroxylation sites is 1. The predicted octanol–water partition coefficient (Wildman–Crippen LogP) is 2.86. The number of hydrogen-bond donors (Lipinski definition) is 1. The summed E-state index contributed by atoms with van der Waals surface area (Å²) in [4.78, 5) is 1.83. The fourth-order valence-corrected chi connectivity index (χ4v) is 1.65. The van der Waals surface area contributed by atoms with Crippen molar-refractivity contribution in [2.45, 2.75) is 6.54 Å². The van der Waals surface area contributed by atoms with Gasteiger partial charge < -0.3 is 9.84 Å². The zero-order chi connectivity index (χ0) is 12.8. The van der Waals surface area contributed by atoms with Crippen LogP contribution < -0.4 is 4.74 Å². The van der Waals surface area contributed by atoms with E-state index in [1.54, 1.807) is 0 Å².